The zero-order chi connectivity index (χ0) is 26.1. The number of carbonyl (C=O) groups is 3. The van der Waals surface area contributed by atoms with Gasteiger partial charge in [-0.3, -0.25) is 0 Å². The molecule has 0 saturated carbocycles. The lowest BCUT2D eigenvalue weighted by Crippen LogP contribution is -2.77. The Hall–Kier alpha value is -2.61. The highest BCUT2D eigenvalue weighted by atomic mass is 16.8. The van der Waals surface area contributed by atoms with E-state index in [9.17, 15) is 50.1 Å². The predicted molar refractivity (Wildman–Crippen MR) is 113 cm³/mol. The zero-order valence-corrected chi connectivity index (χ0v) is 19.0. The van der Waals surface area contributed by atoms with E-state index in [1.54, 1.807) is 13.0 Å². The molecule has 1 aromatic carbocycles. The Morgan fingerprint density at radius 2 is 1.60 bits per heavy atom. The average molecular weight is 496 g/mol. The van der Waals surface area contributed by atoms with Gasteiger partial charge in [0, 0.05) is 11.8 Å². The molecule has 192 valence electrons. The number of carboxylic acid groups (broad SMARTS) is 3. The van der Waals surface area contributed by atoms with Crippen molar-refractivity contribution in [2.24, 2.45) is 5.92 Å². The smallest absolute Gasteiger partial charge is 0.343 e. The van der Waals surface area contributed by atoms with Crippen LogP contribution in [0.5, 0.6) is 0 Å². The van der Waals surface area contributed by atoms with Gasteiger partial charge in [0.25, 0.3) is 0 Å². The molecule has 2 saturated heterocycles. The molecular weight excluding hydrogens is 468 g/mol. The van der Waals surface area contributed by atoms with Crippen molar-refractivity contribution in [3.8, 4) is 0 Å². The number of hydrogen-bond donors (Lipinski definition) is 7. The first kappa shape index (κ1) is 25.5. The van der Waals surface area contributed by atoms with Crippen molar-refractivity contribution in [2.75, 3.05) is 0 Å². The number of benzene rings is 1. The Bertz CT molecular complexity index is 1070. The number of rotatable bonds is 6. The Morgan fingerprint density at radius 1 is 0.971 bits per heavy atom. The van der Waals surface area contributed by atoms with Crippen molar-refractivity contribution in [1.29, 1.82) is 0 Å². The number of fused-ring (bicyclic) bond motifs is 3. The van der Waals surface area contributed by atoms with Gasteiger partial charge in [-0.15, -0.1) is 0 Å². The Morgan fingerprint density at radius 3 is 2.17 bits per heavy atom. The maximum Gasteiger partial charge on any atom is 0.343 e. The van der Waals surface area contributed by atoms with Crippen LogP contribution in [0, 0.1) is 5.92 Å². The number of carboxylic acids is 3. The van der Waals surface area contributed by atoms with Gasteiger partial charge in [0.05, 0.1) is 6.10 Å². The number of aliphatic carboxylic acids is 3. The van der Waals surface area contributed by atoms with Gasteiger partial charge in [-0.25, -0.2) is 14.4 Å². The molecule has 2 aliphatic heterocycles. The van der Waals surface area contributed by atoms with Gasteiger partial charge in [0.2, 0.25) is 17.3 Å². The molecule has 12 nitrogen and oxygen atoms in total. The lowest BCUT2D eigenvalue weighted by atomic mass is 9.63. The fourth-order valence-corrected chi connectivity index (χ4v) is 6.04. The quantitative estimate of drug-likeness (QED) is 0.249. The molecule has 0 amide bonds. The van der Waals surface area contributed by atoms with E-state index in [2.05, 4.69) is 0 Å². The van der Waals surface area contributed by atoms with Crippen molar-refractivity contribution >= 4 is 17.9 Å². The highest BCUT2D eigenvalue weighted by Crippen LogP contribution is 2.56. The van der Waals surface area contributed by atoms with Gasteiger partial charge in [-0.1, -0.05) is 38.1 Å². The molecule has 0 radical (unpaired) electrons. The van der Waals surface area contributed by atoms with E-state index < -0.39 is 71.1 Å². The Labute approximate surface area is 199 Å². The number of hydrogen-bond acceptors (Lipinski definition) is 9. The second-order valence-electron chi connectivity index (χ2n) is 9.95. The van der Waals surface area contributed by atoms with E-state index in [0.29, 0.717) is 6.42 Å². The molecule has 9 atom stereocenters. The highest BCUT2D eigenvalue weighted by molar-refractivity contribution is 5.97. The summed E-state index contributed by atoms with van der Waals surface area (Å²) in [5.74, 6) is -9.22. The first-order chi connectivity index (χ1) is 16.2. The third-order valence-electron chi connectivity index (χ3n) is 7.99. The van der Waals surface area contributed by atoms with Crippen molar-refractivity contribution in [3.63, 3.8) is 0 Å². The fraction of sp³-hybridized carbons (Fsp3) is 0.609. The summed E-state index contributed by atoms with van der Waals surface area (Å²) in [5, 5.41) is 72.6. The predicted octanol–water partition coefficient (Wildman–Crippen LogP) is -1.15. The van der Waals surface area contributed by atoms with Crippen molar-refractivity contribution < 1.29 is 59.6 Å². The van der Waals surface area contributed by atoms with E-state index in [4.69, 9.17) is 9.47 Å². The highest BCUT2D eigenvalue weighted by Gasteiger charge is 2.84. The van der Waals surface area contributed by atoms with E-state index in [1.165, 1.54) is 0 Å². The van der Waals surface area contributed by atoms with Crippen molar-refractivity contribution in [3.05, 3.63) is 35.4 Å². The first-order valence-electron chi connectivity index (χ1n) is 11.1. The number of aliphatic hydroxyl groups excluding tert-OH is 3. The lowest BCUT2D eigenvalue weighted by Gasteiger charge is -2.50. The molecular formula is C23H28O12. The third kappa shape index (κ3) is 3.11. The van der Waals surface area contributed by atoms with Crippen LogP contribution < -0.4 is 0 Å². The summed E-state index contributed by atoms with van der Waals surface area (Å²) in [6, 6.07) is 7.34. The third-order valence-corrected chi connectivity index (χ3v) is 7.99. The van der Waals surface area contributed by atoms with Gasteiger partial charge in [0.15, 0.2) is 5.79 Å². The molecule has 1 aliphatic carbocycles. The van der Waals surface area contributed by atoms with Crippen LogP contribution in [0.4, 0.5) is 0 Å². The summed E-state index contributed by atoms with van der Waals surface area (Å²) < 4.78 is 10.7. The molecule has 0 spiro atoms. The molecule has 2 fully saturated rings. The minimum Gasteiger partial charge on any atom is -0.479 e. The standard InChI is InChI=1S/C23H28O12/c1-10-9-11-5-3-4-6-12(11)20(2,13(10)24)7-8-21-14(25)15(26)23(35-21,19(31)32)22(33,18(29)30)16(34-21)17(27)28/h3-6,10,13-16,24-26,33H,7-9H2,1-2H3,(H,27,28)(H,29,30)(H,31,32)/t10?,13?,14-,15-,16-,20?,21-,22-,23-/m1/s1. The van der Waals surface area contributed by atoms with Crippen LogP contribution in [0.3, 0.4) is 0 Å². The lowest BCUT2D eigenvalue weighted by molar-refractivity contribution is -0.375. The maximum absolute atomic E-state index is 12.2. The van der Waals surface area contributed by atoms with Crippen LogP contribution in [-0.2, 0) is 35.7 Å². The van der Waals surface area contributed by atoms with Crippen LogP contribution >= 0.6 is 0 Å². The molecule has 0 aromatic heterocycles. The van der Waals surface area contributed by atoms with E-state index in [1.807, 2.05) is 25.1 Å². The van der Waals surface area contributed by atoms with Crippen molar-refractivity contribution in [2.45, 2.75) is 79.9 Å². The Balaban J connectivity index is 1.80. The van der Waals surface area contributed by atoms with Gasteiger partial charge < -0.3 is 45.2 Å². The monoisotopic (exact) mass is 496 g/mol. The summed E-state index contributed by atoms with van der Waals surface area (Å²) >= 11 is 0. The average Bonchev–Trinajstić information content (AvgIpc) is 3.00. The van der Waals surface area contributed by atoms with Crippen LogP contribution in [-0.4, -0.2) is 95.1 Å². The molecule has 4 rings (SSSR count). The minimum atomic E-state index is -3.78. The summed E-state index contributed by atoms with van der Waals surface area (Å²) in [5.41, 5.74) is -6.45. The second-order valence-corrected chi connectivity index (χ2v) is 9.95. The van der Waals surface area contributed by atoms with Crippen LogP contribution in [0.1, 0.15) is 37.8 Å². The summed E-state index contributed by atoms with van der Waals surface area (Å²) in [6.07, 6.45) is -8.25. The molecule has 3 unspecified atom stereocenters. The van der Waals surface area contributed by atoms with Gasteiger partial charge in [-0.05, 0) is 29.9 Å². The van der Waals surface area contributed by atoms with E-state index >= 15 is 0 Å². The normalized spacial score (nSPS) is 44.5. The number of aliphatic hydroxyl groups is 4. The molecule has 7 N–H and O–H groups in total. The SMILES string of the molecule is CC1Cc2ccccc2C(C)(CC[C@@]23O[C@H](C(=O)O)[C@@](O)(C(=O)O)[C@@](C(=O)O)(O2)[C@H](O)[C@H]3O)C1O. The van der Waals surface area contributed by atoms with Crippen LogP contribution in [0.15, 0.2) is 24.3 Å². The largest absolute Gasteiger partial charge is 0.479 e. The summed E-state index contributed by atoms with van der Waals surface area (Å²) in [6.45, 7) is 3.60. The molecule has 12 heteroatoms. The summed E-state index contributed by atoms with van der Waals surface area (Å²) in [7, 11) is 0. The fourth-order valence-electron chi connectivity index (χ4n) is 6.04. The minimum absolute atomic E-state index is 0.0349. The molecule has 35 heavy (non-hydrogen) atoms. The first-order valence-corrected chi connectivity index (χ1v) is 11.1. The van der Waals surface area contributed by atoms with Gasteiger partial charge >= 0.3 is 17.9 Å². The zero-order valence-electron chi connectivity index (χ0n) is 19.0. The topological polar surface area (TPSA) is 211 Å². The van der Waals surface area contributed by atoms with Gasteiger partial charge in [-0.2, -0.15) is 0 Å². The summed E-state index contributed by atoms with van der Waals surface area (Å²) in [4.78, 5) is 36.1. The van der Waals surface area contributed by atoms with E-state index in [0.717, 1.165) is 11.1 Å². The van der Waals surface area contributed by atoms with Crippen molar-refractivity contribution in [1.82, 2.24) is 0 Å². The molecule has 2 heterocycles. The van der Waals surface area contributed by atoms with Crippen LogP contribution in [0.25, 0.3) is 0 Å². The van der Waals surface area contributed by atoms with E-state index in [-0.39, 0.29) is 12.3 Å². The molecule has 2 bridgehead atoms. The Kier molecular flexibility index (Phi) is 5.79. The van der Waals surface area contributed by atoms with Gasteiger partial charge in [0.1, 0.15) is 12.2 Å². The molecule has 1 aromatic rings. The number of ether oxygens (including phenoxy) is 2. The van der Waals surface area contributed by atoms with Crippen LogP contribution in [0.2, 0.25) is 0 Å². The molecule has 3 aliphatic rings. The maximum atomic E-state index is 12.2. The second kappa shape index (κ2) is 7.95.